The fourth-order valence-electron chi connectivity index (χ4n) is 3.98. The van der Waals surface area contributed by atoms with Gasteiger partial charge in [-0.3, -0.25) is 0 Å². The molecule has 2 saturated heterocycles. The lowest BCUT2D eigenvalue weighted by molar-refractivity contribution is -0.0498. The van der Waals surface area contributed by atoms with Crippen molar-refractivity contribution in [3.63, 3.8) is 0 Å². The minimum absolute atomic E-state index is 0.210. The van der Waals surface area contributed by atoms with E-state index in [0.717, 1.165) is 0 Å². The normalized spacial score (nSPS) is 27.4. The van der Waals surface area contributed by atoms with E-state index in [1.54, 1.807) is 0 Å². The molecule has 156 valence electrons. The summed E-state index contributed by atoms with van der Waals surface area (Å²) in [6, 6.07) is 8.84. The Labute approximate surface area is 176 Å². The van der Waals surface area contributed by atoms with E-state index >= 15 is 0 Å². The van der Waals surface area contributed by atoms with Crippen molar-refractivity contribution < 1.29 is 18.1 Å². The molecule has 2 aromatic rings. The maximum Gasteiger partial charge on any atom is 0.205 e. The summed E-state index contributed by atoms with van der Waals surface area (Å²) in [7, 11) is -2.09. The fourth-order valence-corrected chi connectivity index (χ4v) is 7.58. The molecule has 0 unspecified atom stereocenters. The Morgan fingerprint density at radius 1 is 0.586 bits per heavy atom. The van der Waals surface area contributed by atoms with Crippen molar-refractivity contribution in [2.24, 2.45) is 5.41 Å². The molecule has 2 aliphatic heterocycles. The van der Waals surface area contributed by atoms with E-state index < -0.39 is 16.8 Å². The van der Waals surface area contributed by atoms with Crippen LogP contribution < -0.4 is 10.6 Å². The van der Waals surface area contributed by atoms with E-state index in [-0.39, 0.29) is 5.41 Å². The van der Waals surface area contributed by atoms with E-state index in [2.05, 4.69) is 65.8 Å². The summed E-state index contributed by atoms with van der Waals surface area (Å²) in [6.45, 7) is 15.3. The van der Waals surface area contributed by atoms with Crippen molar-refractivity contribution in [3.8, 4) is 0 Å². The first-order valence-corrected chi connectivity index (χ1v) is 12.4. The van der Waals surface area contributed by atoms with Gasteiger partial charge in [-0.25, -0.2) is 0 Å². The Kier molecular flexibility index (Phi) is 6.15. The summed E-state index contributed by atoms with van der Waals surface area (Å²) in [5.41, 5.74) is 7.37. The summed E-state index contributed by atoms with van der Waals surface area (Å²) >= 11 is 0. The van der Waals surface area contributed by atoms with Gasteiger partial charge in [0.2, 0.25) is 16.8 Å². The molecule has 2 fully saturated rings. The first-order chi connectivity index (χ1) is 13.8. The van der Waals surface area contributed by atoms with E-state index in [1.165, 1.54) is 44.0 Å². The molecular formula is C23H30O4P2. The lowest BCUT2D eigenvalue weighted by Crippen LogP contribution is -2.46. The first-order valence-electron chi connectivity index (χ1n) is 10.1. The second kappa shape index (κ2) is 8.35. The number of rotatable bonds is 2. The summed E-state index contributed by atoms with van der Waals surface area (Å²) in [5.74, 6) is 0. The maximum absolute atomic E-state index is 6.25. The van der Waals surface area contributed by atoms with Crippen LogP contribution in [0.5, 0.6) is 0 Å². The van der Waals surface area contributed by atoms with Gasteiger partial charge in [0.25, 0.3) is 0 Å². The Morgan fingerprint density at radius 3 is 1.62 bits per heavy atom. The van der Waals surface area contributed by atoms with Crippen LogP contribution >= 0.6 is 16.8 Å². The van der Waals surface area contributed by atoms with Gasteiger partial charge in [0.1, 0.15) is 0 Å². The minimum Gasteiger partial charge on any atom is -0.330 e. The molecule has 6 heteroatoms. The van der Waals surface area contributed by atoms with Crippen LogP contribution in [0.15, 0.2) is 24.3 Å². The van der Waals surface area contributed by atoms with E-state index in [9.17, 15) is 0 Å². The van der Waals surface area contributed by atoms with Crippen molar-refractivity contribution in [2.75, 3.05) is 26.4 Å². The van der Waals surface area contributed by atoms with Crippen LogP contribution in [-0.4, -0.2) is 26.4 Å². The van der Waals surface area contributed by atoms with Gasteiger partial charge in [0, 0.05) is 10.6 Å². The van der Waals surface area contributed by atoms with Crippen molar-refractivity contribution in [1.29, 1.82) is 0 Å². The molecule has 4 rings (SSSR count). The van der Waals surface area contributed by atoms with Gasteiger partial charge in [-0.05, 0) is 75.4 Å². The molecule has 0 aliphatic carbocycles. The van der Waals surface area contributed by atoms with Gasteiger partial charge >= 0.3 is 0 Å². The van der Waals surface area contributed by atoms with E-state index in [4.69, 9.17) is 18.1 Å². The SMILES string of the molecule is Cc1cc(C)c(P2OCC3(COP(c4cc(C)c(C)cc4C)OC3)CO2)c(C)c1. The highest BCUT2D eigenvalue weighted by Gasteiger charge is 2.44. The number of aryl methyl sites for hydroxylation is 6. The van der Waals surface area contributed by atoms with Crippen LogP contribution in [0, 0.1) is 47.0 Å². The van der Waals surface area contributed by atoms with Crippen molar-refractivity contribution in [2.45, 2.75) is 41.5 Å². The molecule has 2 aromatic carbocycles. The summed E-state index contributed by atoms with van der Waals surface area (Å²) in [6.07, 6.45) is 0. The van der Waals surface area contributed by atoms with E-state index in [0.29, 0.717) is 26.4 Å². The zero-order chi connectivity index (χ0) is 20.8. The average molecular weight is 432 g/mol. The molecular weight excluding hydrogens is 402 g/mol. The molecule has 29 heavy (non-hydrogen) atoms. The topological polar surface area (TPSA) is 36.9 Å². The number of hydrogen-bond acceptors (Lipinski definition) is 4. The summed E-state index contributed by atoms with van der Waals surface area (Å²) < 4.78 is 25.0. The molecule has 0 amide bonds. The van der Waals surface area contributed by atoms with Gasteiger partial charge in [0.05, 0.1) is 31.8 Å². The third-order valence-corrected chi connectivity index (χ3v) is 9.18. The summed E-state index contributed by atoms with van der Waals surface area (Å²) in [4.78, 5) is 0. The standard InChI is InChI=1S/C23H30O4P2/c1-15-7-19(5)22(20(6)8-15)29-26-13-23(14-27-29)11-24-28(25-12-23)21-10-17(3)16(2)9-18(21)4/h7-10H,11-14H2,1-6H3. The lowest BCUT2D eigenvalue weighted by atomic mass is 9.93. The Morgan fingerprint density at radius 2 is 1.07 bits per heavy atom. The second-order valence-electron chi connectivity index (χ2n) is 8.58. The average Bonchev–Trinajstić information content (AvgIpc) is 2.66. The molecule has 0 radical (unpaired) electrons. The van der Waals surface area contributed by atoms with Gasteiger partial charge in [-0.1, -0.05) is 23.8 Å². The van der Waals surface area contributed by atoms with Gasteiger partial charge in [-0.2, -0.15) is 0 Å². The molecule has 0 bridgehead atoms. The highest BCUT2D eigenvalue weighted by molar-refractivity contribution is 7.56. The van der Waals surface area contributed by atoms with Crippen LogP contribution in [0.2, 0.25) is 0 Å². The highest BCUT2D eigenvalue weighted by atomic mass is 31.2. The molecule has 0 atom stereocenters. The lowest BCUT2D eigenvalue weighted by Gasteiger charge is -2.43. The molecule has 2 aliphatic rings. The zero-order valence-electron chi connectivity index (χ0n) is 18.2. The Bertz CT molecular complexity index is 886. The maximum atomic E-state index is 6.25. The quantitative estimate of drug-likeness (QED) is 0.612. The van der Waals surface area contributed by atoms with Crippen molar-refractivity contribution in [3.05, 3.63) is 57.6 Å². The summed E-state index contributed by atoms with van der Waals surface area (Å²) in [5, 5.41) is 2.40. The van der Waals surface area contributed by atoms with Crippen molar-refractivity contribution in [1.82, 2.24) is 0 Å². The monoisotopic (exact) mass is 432 g/mol. The van der Waals surface area contributed by atoms with Crippen LogP contribution in [0.25, 0.3) is 0 Å². The second-order valence-corrected chi connectivity index (χ2v) is 11.6. The van der Waals surface area contributed by atoms with Gasteiger partial charge < -0.3 is 18.1 Å². The van der Waals surface area contributed by atoms with Gasteiger partial charge in [-0.15, -0.1) is 0 Å². The highest BCUT2D eigenvalue weighted by Crippen LogP contribution is 2.52. The smallest absolute Gasteiger partial charge is 0.205 e. The van der Waals surface area contributed by atoms with Crippen LogP contribution in [0.3, 0.4) is 0 Å². The Hall–Kier alpha value is -0.860. The van der Waals surface area contributed by atoms with Gasteiger partial charge in [0.15, 0.2) is 0 Å². The molecule has 2 heterocycles. The van der Waals surface area contributed by atoms with Crippen molar-refractivity contribution >= 4 is 27.4 Å². The van der Waals surface area contributed by atoms with Crippen LogP contribution in [0.1, 0.15) is 33.4 Å². The molecule has 0 aromatic heterocycles. The largest absolute Gasteiger partial charge is 0.330 e. The minimum atomic E-state index is -1.05. The third-order valence-electron chi connectivity index (χ3n) is 5.78. The van der Waals surface area contributed by atoms with Crippen LogP contribution in [-0.2, 0) is 18.1 Å². The first kappa shape index (κ1) is 21.4. The molecule has 0 N–H and O–H groups in total. The molecule has 4 nitrogen and oxygen atoms in total. The number of benzene rings is 2. The Balaban J connectivity index is 1.42. The zero-order valence-corrected chi connectivity index (χ0v) is 20.0. The molecule has 0 saturated carbocycles. The predicted molar refractivity (Wildman–Crippen MR) is 121 cm³/mol. The number of hydrogen-bond donors (Lipinski definition) is 0. The third kappa shape index (κ3) is 4.30. The van der Waals surface area contributed by atoms with E-state index in [1.807, 2.05) is 0 Å². The molecule has 1 spiro atoms. The fraction of sp³-hybridized carbons (Fsp3) is 0.478. The predicted octanol–water partition coefficient (Wildman–Crippen LogP) is 5.19. The van der Waals surface area contributed by atoms with Crippen LogP contribution in [0.4, 0.5) is 0 Å².